The smallest absolute Gasteiger partial charge is 0.258 e. The number of hydrogen-bond acceptors (Lipinski definition) is 5. The molecule has 0 saturated heterocycles. The van der Waals surface area contributed by atoms with Gasteiger partial charge in [-0.25, -0.2) is 4.98 Å². The number of hydrogen-bond donors (Lipinski definition) is 2. The molecule has 0 bridgehead atoms. The molecule has 4 rings (SSSR count). The third kappa shape index (κ3) is 3.81. The van der Waals surface area contributed by atoms with Crippen molar-refractivity contribution in [2.75, 3.05) is 6.54 Å². The molecule has 2 heterocycles. The summed E-state index contributed by atoms with van der Waals surface area (Å²) in [5.74, 6) is 0.643. The number of rotatable bonds is 6. The Morgan fingerprint density at radius 2 is 1.90 bits per heavy atom. The Kier molecular flexibility index (Phi) is 5.56. The first-order valence-electron chi connectivity index (χ1n) is 9.89. The lowest BCUT2D eigenvalue weighted by Gasteiger charge is -2.16. The van der Waals surface area contributed by atoms with Crippen molar-refractivity contribution >= 4 is 23.1 Å². The topological polar surface area (TPSA) is 85.8 Å². The first-order valence-corrected chi connectivity index (χ1v) is 10.3. The van der Waals surface area contributed by atoms with Gasteiger partial charge in [-0.3, -0.25) is 4.79 Å². The Bertz CT molecular complexity index is 1320. The van der Waals surface area contributed by atoms with Gasteiger partial charge < -0.3 is 9.88 Å². The van der Waals surface area contributed by atoms with Crippen LogP contribution in [-0.2, 0) is 13.2 Å². The van der Waals surface area contributed by atoms with Crippen molar-refractivity contribution in [1.29, 1.82) is 0 Å². The van der Waals surface area contributed by atoms with Crippen molar-refractivity contribution < 1.29 is 4.90 Å². The highest BCUT2D eigenvalue weighted by molar-refractivity contribution is 7.71. The SMILES string of the molecule is CC[NH+](Cc1nc2ccccc2c(=O)[nH]1)Cn1nnn(-c2cccc(C)c2C)c1=S. The fourth-order valence-corrected chi connectivity index (χ4v) is 3.69. The molecule has 30 heavy (non-hydrogen) atoms. The van der Waals surface area contributed by atoms with Gasteiger partial charge in [0.2, 0.25) is 4.77 Å². The van der Waals surface area contributed by atoms with Crippen molar-refractivity contribution in [3.05, 3.63) is 74.5 Å². The molecule has 9 heteroatoms. The van der Waals surface area contributed by atoms with E-state index < -0.39 is 0 Å². The fourth-order valence-electron chi connectivity index (χ4n) is 3.45. The molecule has 2 aromatic carbocycles. The number of aromatic amines is 1. The summed E-state index contributed by atoms with van der Waals surface area (Å²) in [6, 6.07) is 13.4. The molecule has 0 aliphatic rings. The largest absolute Gasteiger partial charge is 0.310 e. The van der Waals surface area contributed by atoms with Gasteiger partial charge in [0.1, 0.15) is 6.54 Å². The van der Waals surface area contributed by atoms with Gasteiger partial charge in [-0.1, -0.05) is 24.3 Å². The molecule has 0 saturated carbocycles. The Balaban J connectivity index is 1.59. The Hall–Kier alpha value is -3.17. The molecule has 1 atom stereocenters. The first kappa shape index (κ1) is 20.1. The van der Waals surface area contributed by atoms with E-state index in [1.807, 2.05) is 30.3 Å². The average molecular weight is 423 g/mol. The molecule has 1 unspecified atom stereocenters. The van der Waals surface area contributed by atoms with E-state index in [2.05, 4.69) is 47.2 Å². The van der Waals surface area contributed by atoms with Crippen LogP contribution in [0.1, 0.15) is 23.9 Å². The van der Waals surface area contributed by atoms with Gasteiger partial charge in [0.05, 0.1) is 23.1 Å². The summed E-state index contributed by atoms with van der Waals surface area (Å²) < 4.78 is 3.95. The van der Waals surface area contributed by atoms with Gasteiger partial charge in [0.15, 0.2) is 12.5 Å². The van der Waals surface area contributed by atoms with Crippen molar-refractivity contribution in [2.45, 2.75) is 34.0 Å². The quantitative estimate of drug-likeness (QED) is 0.462. The van der Waals surface area contributed by atoms with Crippen molar-refractivity contribution in [3.8, 4) is 5.69 Å². The van der Waals surface area contributed by atoms with Crippen LogP contribution in [0.5, 0.6) is 0 Å². The van der Waals surface area contributed by atoms with Crippen LogP contribution in [-0.4, -0.2) is 36.3 Å². The minimum absolute atomic E-state index is 0.122. The molecule has 8 nitrogen and oxygen atoms in total. The monoisotopic (exact) mass is 422 g/mol. The molecular weight excluding hydrogens is 398 g/mol. The van der Waals surface area contributed by atoms with Gasteiger partial charge in [0, 0.05) is 0 Å². The molecule has 0 aliphatic carbocycles. The van der Waals surface area contributed by atoms with E-state index in [-0.39, 0.29) is 5.56 Å². The zero-order valence-electron chi connectivity index (χ0n) is 17.2. The van der Waals surface area contributed by atoms with Crippen molar-refractivity contribution in [1.82, 2.24) is 29.8 Å². The van der Waals surface area contributed by atoms with Gasteiger partial charge in [-0.2, -0.15) is 9.36 Å². The second-order valence-electron chi connectivity index (χ2n) is 7.36. The maximum Gasteiger partial charge on any atom is 0.258 e. The van der Waals surface area contributed by atoms with E-state index in [1.54, 1.807) is 15.4 Å². The van der Waals surface area contributed by atoms with Gasteiger partial charge in [-0.05, 0) is 72.7 Å². The molecule has 0 spiro atoms. The minimum Gasteiger partial charge on any atom is -0.310 e. The van der Waals surface area contributed by atoms with Crippen LogP contribution >= 0.6 is 12.2 Å². The predicted molar refractivity (Wildman–Crippen MR) is 117 cm³/mol. The van der Waals surface area contributed by atoms with Crippen molar-refractivity contribution in [3.63, 3.8) is 0 Å². The van der Waals surface area contributed by atoms with Crippen LogP contribution in [0.15, 0.2) is 47.3 Å². The summed E-state index contributed by atoms with van der Waals surface area (Å²) in [7, 11) is 0. The maximum absolute atomic E-state index is 12.3. The highest BCUT2D eigenvalue weighted by Gasteiger charge is 2.15. The lowest BCUT2D eigenvalue weighted by Crippen LogP contribution is -3.09. The van der Waals surface area contributed by atoms with E-state index in [0.717, 1.165) is 22.7 Å². The molecule has 0 aliphatic heterocycles. The van der Waals surface area contributed by atoms with Crippen LogP contribution in [0.4, 0.5) is 0 Å². The number of aromatic nitrogens is 6. The summed E-state index contributed by atoms with van der Waals surface area (Å²) in [4.78, 5) is 21.0. The number of quaternary nitrogens is 1. The van der Waals surface area contributed by atoms with Crippen LogP contribution in [0, 0.1) is 18.6 Å². The molecule has 0 fully saturated rings. The maximum atomic E-state index is 12.3. The number of fused-ring (bicyclic) bond motifs is 1. The standard InChI is InChI=1S/C21H23N7OS/c1-4-26(12-19-22-17-10-6-5-9-16(17)20(29)23-19)13-27-21(30)28(25-24-27)18-11-7-8-14(2)15(18)3/h5-11H,4,12-13H2,1-3H3,(H,22,23,29)/p+1. The average Bonchev–Trinajstić information content (AvgIpc) is 3.09. The van der Waals surface area contributed by atoms with Crippen molar-refractivity contribution in [2.24, 2.45) is 0 Å². The highest BCUT2D eigenvalue weighted by Crippen LogP contribution is 2.16. The summed E-state index contributed by atoms with van der Waals surface area (Å²) in [6.45, 7) is 8.08. The van der Waals surface area contributed by atoms with Crippen LogP contribution < -0.4 is 10.5 Å². The van der Waals surface area contributed by atoms with E-state index in [0.29, 0.717) is 34.7 Å². The highest BCUT2D eigenvalue weighted by atomic mass is 32.1. The van der Waals surface area contributed by atoms with Gasteiger partial charge in [-0.15, -0.1) is 0 Å². The number of para-hydroxylation sites is 1. The van der Waals surface area contributed by atoms with Crippen LogP contribution in [0.3, 0.4) is 0 Å². The molecule has 4 aromatic rings. The van der Waals surface area contributed by atoms with E-state index >= 15 is 0 Å². The second-order valence-corrected chi connectivity index (χ2v) is 7.73. The molecule has 154 valence electrons. The van der Waals surface area contributed by atoms with Crippen LogP contribution in [0.25, 0.3) is 16.6 Å². The predicted octanol–water partition coefficient (Wildman–Crippen LogP) is 1.71. The van der Waals surface area contributed by atoms with E-state index in [1.165, 1.54) is 5.56 Å². The number of benzene rings is 2. The summed E-state index contributed by atoms with van der Waals surface area (Å²) in [6.07, 6.45) is 0. The number of nitrogens with one attached hydrogen (secondary N) is 2. The van der Waals surface area contributed by atoms with E-state index in [9.17, 15) is 4.79 Å². The van der Waals surface area contributed by atoms with Crippen LogP contribution in [0.2, 0.25) is 0 Å². The fraction of sp³-hybridized carbons (Fsp3) is 0.286. The third-order valence-electron chi connectivity index (χ3n) is 5.40. The Morgan fingerprint density at radius 3 is 2.70 bits per heavy atom. The Morgan fingerprint density at radius 1 is 1.10 bits per heavy atom. The number of aryl methyl sites for hydroxylation is 1. The summed E-state index contributed by atoms with van der Waals surface area (Å²) in [5.41, 5.74) is 3.81. The molecule has 2 aromatic heterocycles. The zero-order valence-corrected chi connectivity index (χ0v) is 18.0. The Labute approximate surface area is 178 Å². The van der Waals surface area contributed by atoms with E-state index in [4.69, 9.17) is 12.2 Å². The third-order valence-corrected chi connectivity index (χ3v) is 5.78. The summed E-state index contributed by atoms with van der Waals surface area (Å²) >= 11 is 5.64. The van der Waals surface area contributed by atoms with Gasteiger partial charge in [0.25, 0.3) is 5.56 Å². The lowest BCUT2D eigenvalue weighted by molar-refractivity contribution is -0.936. The number of tetrazole rings is 1. The lowest BCUT2D eigenvalue weighted by atomic mass is 10.1. The molecule has 0 amide bonds. The number of nitrogens with zero attached hydrogens (tertiary/aromatic N) is 5. The minimum atomic E-state index is -0.122. The molecular formula is C21H24N7OS+. The summed E-state index contributed by atoms with van der Waals surface area (Å²) in [5, 5.41) is 9.14. The molecule has 0 radical (unpaired) electrons. The normalized spacial score (nSPS) is 12.4. The first-order chi connectivity index (χ1) is 14.5. The molecule has 2 N–H and O–H groups in total. The second kappa shape index (κ2) is 8.29. The number of H-pyrrole nitrogens is 1. The zero-order chi connectivity index (χ0) is 21.3. The van der Waals surface area contributed by atoms with Gasteiger partial charge >= 0.3 is 0 Å².